The topological polar surface area (TPSA) is 91.8 Å². The molecule has 0 radical (unpaired) electrons. The van der Waals surface area contributed by atoms with Crippen LogP contribution in [-0.4, -0.2) is 50.8 Å². The third kappa shape index (κ3) is 3.38. The van der Waals surface area contributed by atoms with E-state index in [2.05, 4.69) is 0 Å². The highest BCUT2D eigenvalue weighted by molar-refractivity contribution is 7.91. The lowest BCUT2D eigenvalue weighted by Crippen LogP contribution is -2.33. The van der Waals surface area contributed by atoms with Gasteiger partial charge in [-0.1, -0.05) is 12.1 Å². The normalized spacial score (nSPS) is 20.4. The molecule has 1 N–H and O–H groups in total. The summed E-state index contributed by atoms with van der Waals surface area (Å²) in [7, 11) is -6.82. The maximum atomic E-state index is 12.4. The molecule has 20 heavy (non-hydrogen) atoms. The van der Waals surface area contributed by atoms with Crippen molar-refractivity contribution < 1.29 is 21.9 Å². The SMILES string of the molecule is O=S1(=O)CCCN(S(=O)(=O)c2ccc(CO)cc2)CC1. The number of hydrogen-bond acceptors (Lipinski definition) is 5. The molecule has 0 amide bonds. The highest BCUT2D eigenvalue weighted by Crippen LogP contribution is 2.19. The minimum Gasteiger partial charge on any atom is -0.392 e. The van der Waals surface area contributed by atoms with Crippen LogP contribution in [0, 0.1) is 0 Å². The van der Waals surface area contributed by atoms with E-state index < -0.39 is 19.9 Å². The lowest BCUT2D eigenvalue weighted by atomic mass is 10.2. The Morgan fingerprint density at radius 1 is 1.10 bits per heavy atom. The molecule has 1 aliphatic heterocycles. The van der Waals surface area contributed by atoms with Crippen LogP contribution in [-0.2, 0) is 26.5 Å². The second kappa shape index (κ2) is 5.80. The fraction of sp³-hybridized carbons (Fsp3) is 0.500. The van der Waals surface area contributed by atoms with Crippen molar-refractivity contribution in [3.8, 4) is 0 Å². The van der Waals surface area contributed by atoms with Crippen LogP contribution in [0.4, 0.5) is 0 Å². The average Bonchev–Trinajstić information content (AvgIpc) is 2.60. The molecule has 0 saturated carbocycles. The summed E-state index contributed by atoms with van der Waals surface area (Å²) >= 11 is 0. The molecule has 0 atom stereocenters. The van der Waals surface area contributed by atoms with Crippen LogP contribution in [0.25, 0.3) is 0 Å². The lowest BCUT2D eigenvalue weighted by Gasteiger charge is -2.19. The molecule has 1 aromatic rings. The number of sulfonamides is 1. The van der Waals surface area contributed by atoms with E-state index in [-0.39, 0.29) is 36.1 Å². The second-order valence-electron chi connectivity index (χ2n) is 4.71. The van der Waals surface area contributed by atoms with E-state index in [9.17, 15) is 16.8 Å². The number of aliphatic hydroxyl groups excluding tert-OH is 1. The standard InChI is InChI=1S/C12H17NO5S2/c14-10-11-2-4-12(5-3-11)20(17,18)13-6-1-8-19(15,16)9-7-13/h2-5,14H,1,6-10H2. The molecule has 0 spiro atoms. The minimum absolute atomic E-state index is 0.00752. The van der Waals surface area contributed by atoms with Gasteiger partial charge in [-0.2, -0.15) is 4.31 Å². The van der Waals surface area contributed by atoms with Crippen LogP contribution in [0.5, 0.6) is 0 Å². The van der Waals surface area contributed by atoms with Crippen LogP contribution in [0.3, 0.4) is 0 Å². The van der Waals surface area contributed by atoms with Crippen molar-refractivity contribution in [1.29, 1.82) is 0 Å². The van der Waals surface area contributed by atoms with E-state index in [0.717, 1.165) is 0 Å². The molecular weight excluding hydrogens is 302 g/mol. The van der Waals surface area contributed by atoms with Gasteiger partial charge in [-0.15, -0.1) is 0 Å². The number of sulfone groups is 1. The van der Waals surface area contributed by atoms with E-state index in [0.29, 0.717) is 12.0 Å². The highest BCUT2D eigenvalue weighted by Gasteiger charge is 2.28. The largest absolute Gasteiger partial charge is 0.392 e. The summed E-state index contributed by atoms with van der Waals surface area (Å²) in [5.74, 6) is -0.108. The molecule has 0 bridgehead atoms. The molecule has 8 heteroatoms. The summed E-state index contributed by atoms with van der Waals surface area (Å²) in [5, 5.41) is 8.95. The highest BCUT2D eigenvalue weighted by atomic mass is 32.2. The first-order valence-corrected chi connectivity index (χ1v) is 9.52. The van der Waals surface area contributed by atoms with Gasteiger partial charge in [0.2, 0.25) is 10.0 Å². The summed E-state index contributed by atoms with van der Waals surface area (Å²) in [5.41, 5.74) is 0.627. The van der Waals surface area contributed by atoms with E-state index in [4.69, 9.17) is 5.11 Å². The molecule has 1 aromatic carbocycles. The fourth-order valence-electron chi connectivity index (χ4n) is 2.07. The maximum Gasteiger partial charge on any atom is 0.243 e. The van der Waals surface area contributed by atoms with Gasteiger partial charge in [-0.3, -0.25) is 0 Å². The van der Waals surface area contributed by atoms with Gasteiger partial charge in [0.15, 0.2) is 9.84 Å². The molecule has 6 nitrogen and oxygen atoms in total. The van der Waals surface area contributed by atoms with E-state index in [1.807, 2.05) is 0 Å². The third-order valence-electron chi connectivity index (χ3n) is 3.26. The van der Waals surface area contributed by atoms with Gasteiger partial charge in [0.25, 0.3) is 0 Å². The molecule has 1 aliphatic rings. The predicted molar refractivity (Wildman–Crippen MR) is 74.4 cm³/mol. The second-order valence-corrected chi connectivity index (χ2v) is 8.95. The Morgan fingerprint density at radius 3 is 2.35 bits per heavy atom. The summed E-state index contributed by atoms with van der Waals surface area (Å²) in [6, 6.07) is 5.95. The smallest absolute Gasteiger partial charge is 0.243 e. The van der Waals surface area contributed by atoms with Gasteiger partial charge in [-0.25, -0.2) is 16.8 Å². The zero-order valence-electron chi connectivity index (χ0n) is 10.9. The Morgan fingerprint density at radius 2 is 1.75 bits per heavy atom. The van der Waals surface area contributed by atoms with Gasteiger partial charge < -0.3 is 5.11 Å². The molecule has 1 fully saturated rings. The molecule has 0 aromatic heterocycles. The summed E-state index contributed by atoms with van der Waals surface area (Å²) < 4.78 is 49.1. The van der Waals surface area contributed by atoms with Crippen LogP contribution in [0.15, 0.2) is 29.2 Å². The summed E-state index contributed by atoms with van der Waals surface area (Å²) in [6.45, 7) is 0.0536. The molecule has 1 saturated heterocycles. The van der Waals surface area contributed by atoms with Gasteiger partial charge in [0.05, 0.1) is 23.0 Å². The van der Waals surface area contributed by atoms with Crippen LogP contribution in [0.2, 0.25) is 0 Å². The van der Waals surface area contributed by atoms with Crippen molar-refractivity contribution in [2.75, 3.05) is 24.6 Å². The Labute approximate surface area is 119 Å². The molecule has 1 heterocycles. The number of rotatable bonds is 3. The first-order chi connectivity index (χ1) is 9.35. The van der Waals surface area contributed by atoms with Crippen molar-refractivity contribution in [2.24, 2.45) is 0 Å². The van der Waals surface area contributed by atoms with Crippen molar-refractivity contribution in [1.82, 2.24) is 4.31 Å². The number of hydrogen-bond donors (Lipinski definition) is 1. The number of nitrogens with zero attached hydrogens (tertiary/aromatic N) is 1. The van der Waals surface area contributed by atoms with Crippen molar-refractivity contribution in [3.63, 3.8) is 0 Å². The summed E-state index contributed by atoms with van der Waals surface area (Å²) in [4.78, 5) is 0.119. The zero-order valence-corrected chi connectivity index (χ0v) is 12.5. The molecule has 112 valence electrons. The lowest BCUT2D eigenvalue weighted by molar-refractivity contribution is 0.281. The van der Waals surface area contributed by atoms with Crippen LogP contribution >= 0.6 is 0 Å². The Hall–Kier alpha value is -0.960. The van der Waals surface area contributed by atoms with E-state index >= 15 is 0 Å². The van der Waals surface area contributed by atoms with E-state index in [1.54, 1.807) is 12.1 Å². The van der Waals surface area contributed by atoms with Crippen LogP contribution < -0.4 is 0 Å². The third-order valence-corrected chi connectivity index (χ3v) is 6.89. The molecular formula is C12H17NO5S2. The fourth-order valence-corrected chi connectivity index (χ4v) is 4.94. The predicted octanol–water partition coefficient (Wildman–Crippen LogP) is -0.0119. The maximum absolute atomic E-state index is 12.4. The van der Waals surface area contributed by atoms with Crippen molar-refractivity contribution in [2.45, 2.75) is 17.9 Å². The quantitative estimate of drug-likeness (QED) is 0.846. The monoisotopic (exact) mass is 319 g/mol. The number of benzene rings is 1. The van der Waals surface area contributed by atoms with Gasteiger partial charge in [-0.05, 0) is 24.1 Å². The Kier molecular flexibility index (Phi) is 4.48. The average molecular weight is 319 g/mol. The Bertz CT molecular complexity index is 664. The minimum atomic E-state index is -3.67. The van der Waals surface area contributed by atoms with E-state index in [1.165, 1.54) is 16.4 Å². The van der Waals surface area contributed by atoms with Gasteiger partial charge >= 0.3 is 0 Å². The summed E-state index contributed by atoms with van der Waals surface area (Å²) in [6.07, 6.45) is 0.316. The number of aliphatic hydroxyl groups is 1. The molecule has 2 rings (SSSR count). The first kappa shape index (κ1) is 15.4. The van der Waals surface area contributed by atoms with Gasteiger partial charge in [0.1, 0.15) is 0 Å². The van der Waals surface area contributed by atoms with Crippen molar-refractivity contribution >= 4 is 19.9 Å². The first-order valence-electron chi connectivity index (χ1n) is 6.25. The molecule has 0 unspecified atom stereocenters. The van der Waals surface area contributed by atoms with Gasteiger partial charge in [0, 0.05) is 13.1 Å². The molecule has 0 aliphatic carbocycles. The van der Waals surface area contributed by atoms with Crippen molar-refractivity contribution in [3.05, 3.63) is 29.8 Å². The van der Waals surface area contributed by atoms with Crippen LogP contribution in [0.1, 0.15) is 12.0 Å². The zero-order chi connectivity index (χ0) is 14.8. The Balaban J connectivity index is 2.25.